The average Bonchev–Trinajstić information content (AvgIpc) is 3.55. The van der Waals surface area contributed by atoms with Gasteiger partial charge in [-0.25, -0.2) is 0 Å². The van der Waals surface area contributed by atoms with Gasteiger partial charge in [-0.1, -0.05) is 59.9 Å². The molecule has 4 aliphatic rings. The Morgan fingerprint density at radius 2 is 1.65 bits per heavy atom. The van der Waals surface area contributed by atoms with Gasteiger partial charge in [-0.3, -0.25) is 19.0 Å². The SMILES string of the molecule is O=C1OC(=O)[C@@H]2[C@@H]3C[C@@H]([C@@H]4Sc5c(sc(=O)n5Cc5ccccc5)[C@@H](c5ccccc5O)[C@@H]34)[C@@H]12. The van der Waals surface area contributed by atoms with Crippen molar-refractivity contribution < 1.29 is 19.4 Å². The number of hydrogen-bond acceptors (Lipinski definition) is 7. The second-order valence-electron chi connectivity index (χ2n) is 9.66. The zero-order valence-corrected chi connectivity index (χ0v) is 19.6. The number of rotatable bonds is 3. The molecule has 7 atom stereocenters. The van der Waals surface area contributed by atoms with Crippen molar-refractivity contribution in [3.8, 4) is 5.75 Å². The molecule has 6 nitrogen and oxygen atoms in total. The lowest BCUT2D eigenvalue weighted by Crippen LogP contribution is -2.43. The smallest absolute Gasteiger partial charge is 0.317 e. The van der Waals surface area contributed by atoms with E-state index in [1.165, 1.54) is 11.3 Å². The number of thiazole rings is 1. The van der Waals surface area contributed by atoms with E-state index in [0.717, 1.165) is 27.5 Å². The Balaban J connectivity index is 1.40. The first-order valence-electron chi connectivity index (χ1n) is 11.5. The molecule has 0 amide bonds. The lowest BCUT2D eigenvalue weighted by Gasteiger charge is -2.43. The summed E-state index contributed by atoms with van der Waals surface area (Å²) in [6, 6.07) is 17.2. The number of esters is 2. The van der Waals surface area contributed by atoms with Gasteiger partial charge in [-0.05, 0) is 35.8 Å². The molecule has 7 rings (SSSR count). The van der Waals surface area contributed by atoms with Crippen LogP contribution in [0.2, 0.25) is 0 Å². The van der Waals surface area contributed by atoms with E-state index in [-0.39, 0.29) is 45.5 Å². The number of thioether (sulfide) groups is 1. The van der Waals surface area contributed by atoms with Gasteiger partial charge in [0.05, 0.1) is 23.4 Å². The molecule has 1 aromatic heterocycles. The number of nitrogens with zero attached hydrogens (tertiary/aromatic N) is 1. The number of cyclic esters (lactones) is 2. The molecule has 3 aromatic rings. The summed E-state index contributed by atoms with van der Waals surface area (Å²) in [4.78, 5) is 39.3. The van der Waals surface area contributed by atoms with E-state index in [4.69, 9.17) is 4.74 Å². The Labute approximate surface area is 203 Å². The molecule has 1 saturated heterocycles. The minimum Gasteiger partial charge on any atom is -0.508 e. The van der Waals surface area contributed by atoms with Gasteiger partial charge in [0.25, 0.3) is 0 Å². The normalized spacial score (nSPS) is 32.9. The molecule has 2 saturated carbocycles. The summed E-state index contributed by atoms with van der Waals surface area (Å²) < 4.78 is 6.91. The maximum absolute atomic E-state index is 13.2. The molecule has 2 aliphatic heterocycles. The summed E-state index contributed by atoms with van der Waals surface area (Å²) in [6.07, 6.45) is 0.806. The molecule has 8 heteroatoms. The number of carbonyl (C=O) groups excluding carboxylic acids is 2. The van der Waals surface area contributed by atoms with E-state index in [1.807, 2.05) is 47.0 Å². The van der Waals surface area contributed by atoms with Crippen LogP contribution in [0.3, 0.4) is 0 Å². The van der Waals surface area contributed by atoms with Crippen LogP contribution in [-0.2, 0) is 20.9 Å². The molecule has 2 aromatic carbocycles. The van der Waals surface area contributed by atoms with Gasteiger partial charge in [0.1, 0.15) is 5.75 Å². The molecule has 3 fully saturated rings. The van der Waals surface area contributed by atoms with Crippen LogP contribution in [-0.4, -0.2) is 26.9 Å². The standard InChI is InChI=1S/C26H21NO5S2/c28-16-9-5-4-8-13(16)17-18-14-10-15(20-19(14)24(29)32-25(20)30)21(18)33-23-22(17)34-26(31)27(23)11-12-6-2-1-3-7-12/h1-9,14-15,17-21,28H,10-11H2/t14-,15-,17+,18-,19-,20-,21+/m1/s1. The summed E-state index contributed by atoms with van der Waals surface area (Å²) >= 11 is 2.93. The highest BCUT2D eigenvalue weighted by Crippen LogP contribution is 2.68. The zero-order valence-electron chi connectivity index (χ0n) is 18.0. The highest BCUT2D eigenvalue weighted by Gasteiger charge is 2.69. The molecule has 2 bridgehead atoms. The fourth-order valence-electron chi connectivity index (χ4n) is 6.92. The molecule has 172 valence electrons. The summed E-state index contributed by atoms with van der Waals surface area (Å²) in [5, 5.41) is 11.8. The van der Waals surface area contributed by atoms with Gasteiger partial charge >= 0.3 is 16.8 Å². The Bertz CT molecular complexity index is 1400. The molecule has 3 heterocycles. The van der Waals surface area contributed by atoms with Crippen molar-refractivity contribution in [2.75, 3.05) is 0 Å². The monoisotopic (exact) mass is 491 g/mol. The Morgan fingerprint density at radius 1 is 0.941 bits per heavy atom. The maximum Gasteiger partial charge on any atom is 0.317 e. The number of phenols is 1. The van der Waals surface area contributed by atoms with Crippen LogP contribution in [0.5, 0.6) is 5.75 Å². The van der Waals surface area contributed by atoms with E-state index >= 15 is 0 Å². The summed E-state index contributed by atoms with van der Waals surface area (Å²) in [7, 11) is 0. The quantitative estimate of drug-likeness (QED) is 0.443. The van der Waals surface area contributed by atoms with Crippen molar-refractivity contribution in [3.63, 3.8) is 0 Å². The van der Waals surface area contributed by atoms with E-state index in [2.05, 4.69) is 0 Å². The molecule has 0 unspecified atom stereocenters. The lowest BCUT2D eigenvalue weighted by atomic mass is 9.68. The summed E-state index contributed by atoms with van der Waals surface area (Å²) in [6.45, 7) is 0.476. The van der Waals surface area contributed by atoms with Crippen molar-refractivity contribution >= 4 is 35.0 Å². The largest absolute Gasteiger partial charge is 0.508 e. The van der Waals surface area contributed by atoms with Crippen molar-refractivity contribution in [1.29, 1.82) is 0 Å². The molecule has 0 spiro atoms. The first kappa shape index (κ1) is 20.5. The molecule has 34 heavy (non-hydrogen) atoms. The van der Waals surface area contributed by atoms with Gasteiger partial charge in [0.2, 0.25) is 0 Å². The summed E-state index contributed by atoms with van der Waals surface area (Å²) in [5.41, 5.74) is 1.83. The average molecular weight is 492 g/mol. The van der Waals surface area contributed by atoms with Gasteiger partial charge in [-0.2, -0.15) is 0 Å². The van der Waals surface area contributed by atoms with Crippen molar-refractivity contribution in [1.82, 2.24) is 4.57 Å². The second kappa shape index (κ2) is 7.33. The maximum atomic E-state index is 13.2. The first-order chi connectivity index (χ1) is 16.5. The van der Waals surface area contributed by atoms with Gasteiger partial charge in [0, 0.05) is 21.6 Å². The number of ether oxygens (including phenoxy) is 1. The van der Waals surface area contributed by atoms with E-state index < -0.39 is 17.9 Å². The van der Waals surface area contributed by atoms with E-state index in [0.29, 0.717) is 6.54 Å². The zero-order chi connectivity index (χ0) is 23.1. The number of phenolic OH excluding ortho intramolecular Hbond substituents is 1. The van der Waals surface area contributed by atoms with Crippen LogP contribution in [0, 0.1) is 29.6 Å². The molecule has 1 N–H and O–H groups in total. The Hall–Kier alpha value is -2.84. The van der Waals surface area contributed by atoms with Gasteiger partial charge in [0.15, 0.2) is 0 Å². The topological polar surface area (TPSA) is 85.6 Å². The molecular formula is C26H21NO5S2. The predicted octanol–water partition coefficient (Wildman–Crippen LogP) is 3.85. The van der Waals surface area contributed by atoms with Crippen molar-refractivity contribution in [3.05, 3.63) is 80.3 Å². The van der Waals surface area contributed by atoms with Gasteiger partial charge in [-0.15, -0.1) is 11.8 Å². The highest BCUT2D eigenvalue weighted by molar-refractivity contribution is 8.00. The minimum absolute atomic E-state index is 0.00369. The third-order valence-electron chi connectivity index (χ3n) is 8.14. The lowest BCUT2D eigenvalue weighted by molar-refractivity contribution is -0.154. The Kier molecular flexibility index (Phi) is 4.42. The predicted molar refractivity (Wildman–Crippen MR) is 127 cm³/mol. The second-order valence-corrected chi connectivity index (χ2v) is 11.8. The third-order valence-corrected chi connectivity index (χ3v) is 10.9. The number of benzene rings is 2. The van der Waals surface area contributed by atoms with E-state index in [1.54, 1.807) is 23.9 Å². The van der Waals surface area contributed by atoms with Crippen molar-refractivity contribution in [2.45, 2.75) is 29.2 Å². The molecule has 0 radical (unpaired) electrons. The first-order valence-corrected chi connectivity index (χ1v) is 13.2. The van der Waals surface area contributed by atoms with Crippen molar-refractivity contribution in [2.24, 2.45) is 29.6 Å². The van der Waals surface area contributed by atoms with E-state index in [9.17, 15) is 19.5 Å². The molecular weight excluding hydrogens is 470 g/mol. The van der Waals surface area contributed by atoms with Gasteiger partial charge < -0.3 is 9.84 Å². The number of carbonyl (C=O) groups is 2. The summed E-state index contributed by atoms with van der Waals surface area (Å²) in [5.74, 6) is -1.49. The van der Waals surface area contributed by atoms with Crippen LogP contribution < -0.4 is 4.87 Å². The number of aromatic hydroxyl groups is 1. The van der Waals surface area contributed by atoms with Crippen LogP contribution in [0.1, 0.15) is 28.3 Å². The fraction of sp³-hybridized carbons (Fsp3) is 0.346. The number of aromatic nitrogens is 1. The minimum atomic E-state index is -0.405. The van der Waals surface area contributed by atoms with Crippen LogP contribution in [0.25, 0.3) is 0 Å². The number of hydrogen-bond donors (Lipinski definition) is 1. The van der Waals surface area contributed by atoms with Crippen LogP contribution >= 0.6 is 23.1 Å². The Morgan fingerprint density at radius 3 is 2.41 bits per heavy atom. The van der Waals surface area contributed by atoms with Crippen LogP contribution in [0.15, 0.2) is 64.4 Å². The van der Waals surface area contributed by atoms with Crippen LogP contribution in [0.4, 0.5) is 0 Å². The molecule has 2 aliphatic carbocycles. The third kappa shape index (κ3) is 2.72. The number of fused-ring (bicyclic) bond motifs is 9. The fourth-order valence-corrected chi connectivity index (χ4v) is 10.1. The number of para-hydroxylation sites is 1. The highest BCUT2D eigenvalue weighted by atomic mass is 32.2.